The summed E-state index contributed by atoms with van der Waals surface area (Å²) in [5.74, 6) is -0.475. The molecule has 0 aliphatic carbocycles. The van der Waals surface area contributed by atoms with Crippen molar-refractivity contribution < 1.29 is 4.39 Å². The molecule has 0 atom stereocenters. The second-order valence-corrected chi connectivity index (χ2v) is 2.88. The van der Waals surface area contributed by atoms with E-state index in [1.807, 2.05) is 0 Å². The Kier molecular flexibility index (Phi) is 2.93. The highest BCUT2D eigenvalue weighted by molar-refractivity contribution is 7.78. The molecule has 0 unspecified atom stereocenters. The molecule has 0 aromatic heterocycles. The second-order valence-electron chi connectivity index (χ2n) is 2.26. The smallest absolute Gasteiger partial charge is 0.151 e. The molecule has 0 heterocycles. The van der Waals surface area contributed by atoms with E-state index in [0.29, 0.717) is 10.6 Å². The van der Waals surface area contributed by atoms with Gasteiger partial charge in [-0.15, -0.1) is 0 Å². The average Bonchev–Trinajstić information content (AvgIpc) is 1.96. The Balaban J connectivity index is 3.37. The largest absolute Gasteiger partial charge is 0.205 e. The van der Waals surface area contributed by atoms with Crippen molar-refractivity contribution in [3.63, 3.8) is 0 Å². The molecule has 0 aliphatic heterocycles. The van der Waals surface area contributed by atoms with E-state index in [1.54, 1.807) is 13.0 Å². The molecule has 0 saturated heterocycles. The van der Waals surface area contributed by atoms with Crippen LogP contribution in [0.2, 0.25) is 5.02 Å². The summed E-state index contributed by atoms with van der Waals surface area (Å²) >= 11 is 9.96. The summed E-state index contributed by atoms with van der Waals surface area (Å²) < 4.78 is 13.0. The van der Waals surface area contributed by atoms with Crippen LogP contribution in [0.1, 0.15) is 5.56 Å². The normalized spacial score (nSPS) is 9.25. The standard InChI is InChI=1S/C8H5ClFNS/c1-5-2-6(9)3-7(10)8(5)11-4-12/h2-3H,1H3. The predicted molar refractivity (Wildman–Crippen MR) is 50.8 cm³/mol. The number of benzene rings is 1. The molecular weight excluding hydrogens is 197 g/mol. The minimum absolute atomic E-state index is 0.203. The molecule has 0 amide bonds. The minimum Gasteiger partial charge on any atom is -0.205 e. The van der Waals surface area contributed by atoms with Gasteiger partial charge in [-0.25, -0.2) is 4.39 Å². The molecule has 1 rings (SSSR count). The first-order valence-electron chi connectivity index (χ1n) is 3.18. The number of hydrogen-bond acceptors (Lipinski definition) is 2. The van der Waals surface area contributed by atoms with Crippen LogP contribution >= 0.6 is 23.8 Å². The zero-order chi connectivity index (χ0) is 9.14. The van der Waals surface area contributed by atoms with Crippen molar-refractivity contribution in [2.75, 3.05) is 0 Å². The first-order chi connectivity index (χ1) is 5.65. The second kappa shape index (κ2) is 3.76. The lowest BCUT2D eigenvalue weighted by molar-refractivity contribution is 0.629. The maximum absolute atomic E-state index is 13.0. The Hall–Kier alpha value is -0.760. The highest BCUT2D eigenvalue weighted by atomic mass is 35.5. The van der Waals surface area contributed by atoms with Crippen molar-refractivity contribution in [2.45, 2.75) is 6.92 Å². The van der Waals surface area contributed by atoms with Gasteiger partial charge in [0, 0.05) is 5.02 Å². The van der Waals surface area contributed by atoms with Gasteiger partial charge in [0.15, 0.2) is 5.82 Å². The number of rotatable bonds is 1. The van der Waals surface area contributed by atoms with E-state index in [1.165, 1.54) is 6.07 Å². The van der Waals surface area contributed by atoms with E-state index in [0.717, 1.165) is 0 Å². The van der Waals surface area contributed by atoms with Crippen LogP contribution in [0.15, 0.2) is 17.1 Å². The summed E-state index contributed by atoms with van der Waals surface area (Å²) in [6, 6.07) is 2.82. The quantitative estimate of drug-likeness (QED) is 0.500. The zero-order valence-electron chi connectivity index (χ0n) is 6.27. The first-order valence-corrected chi connectivity index (χ1v) is 3.97. The maximum atomic E-state index is 13.0. The van der Waals surface area contributed by atoms with Crippen LogP contribution in [0, 0.1) is 12.7 Å². The first kappa shape index (κ1) is 9.33. The average molecular weight is 202 g/mol. The van der Waals surface area contributed by atoms with Crippen LogP contribution < -0.4 is 0 Å². The van der Waals surface area contributed by atoms with Crippen molar-refractivity contribution in [2.24, 2.45) is 4.99 Å². The van der Waals surface area contributed by atoms with Gasteiger partial charge in [-0.05, 0) is 36.8 Å². The summed E-state index contributed by atoms with van der Waals surface area (Å²) in [5, 5.41) is 2.47. The molecule has 4 heteroatoms. The number of hydrogen-bond donors (Lipinski definition) is 0. The Labute approximate surface area is 79.9 Å². The highest BCUT2D eigenvalue weighted by Gasteiger charge is 2.05. The zero-order valence-corrected chi connectivity index (χ0v) is 7.84. The van der Waals surface area contributed by atoms with Crippen LogP contribution in [-0.2, 0) is 0 Å². The lowest BCUT2D eigenvalue weighted by Crippen LogP contribution is -1.81. The van der Waals surface area contributed by atoms with Crippen molar-refractivity contribution in [1.82, 2.24) is 0 Å². The molecule has 0 saturated carbocycles. The summed E-state index contributed by atoms with van der Waals surface area (Å²) in [6.07, 6.45) is 0. The highest BCUT2D eigenvalue weighted by Crippen LogP contribution is 2.25. The monoisotopic (exact) mass is 201 g/mol. The van der Waals surface area contributed by atoms with Crippen LogP contribution in [0.3, 0.4) is 0 Å². The third-order valence-corrected chi connectivity index (χ3v) is 1.69. The maximum Gasteiger partial charge on any atom is 0.151 e. The van der Waals surface area contributed by atoms with Gasteiger partial charge in [-0.2, -0.15) is 4.99 Å². The number of aliphatic imine (C=N–C) groups is 1. The SMILES string of the molecule is Cc1cc(Cl)cc(F)c1N=C=S. The summed E-state index contributed by atoms with van der Waals surface area (Å²) in [6.45, 7) is 1.71. The molecule has 0 spiro atoms. The van der Waals surface area contributed by atoms with E-state index in [-0.39, 0.29) is 5.69 Å². The predicted octanol–water partition coefficient (Wildman–Crippen LogP) is 3.52. The van der Waals surface area contributed by atoms with E-state index < -0.39 is 5.82 Å². The number of nitrogens with zero attached hydrogens (tertiary/aromatic N) is 1. The summed E-state index contributed by atoms with van der Waals surface area (Å²) in [4.78, 5) is 3.58. The van der Waals surface area contributed by atoms with Crippen LogP contribution in [-0.4, -0.2) is 5.16 Å². The van der Waals surface area contributed by atoms with Gasteiger partial charge in [0.1, 0.15) is 5.69 Å². The molecule has 1 aromatic carbocycles. The fourth-order valence-electron chi connectivity index (χ4n) is 0.882. The number of halogens is 2. The Bertz CT molecular complexity index is 335. The van der Waals surface area contributed by atoms with Crippen molar-refractivity contribution in [1.29, 1.82) is 0 Å². The van der Waals surface area contributed by atoms with Crippen molar-refractivity contribution in [3.05, 3.63) is 28.5 Å². The van der Waals surface area contributed by atoms with Gasteiger partial charge >= 0.3 is 0 Å². The van der Waals surface area contributed by atoms with E-state index in [2.05, 4.69) is 22.4 Å². The fourth-order valence-corrected chi connectivity index (χ4v) is 1.23. The third kappa shape index (κ3) is 1.89. The van der Waals surface area contributed by atoms with Gasteiger partial charge in [0.2, 0.25) is 0 Å². The summed E-state index contributed by atoms with van der Waals surface area (Å²) in [7, 11) is 0. The lowest BCUT2D eigenvalue weighted by Gasteiger charge is -2.00. The number of thiocarbonyl (C=S) groups is 1. The van der Waals surface area contributed by atoms with Gasteiger partial charge in [0.25, 0.3) is 0 Å². The topological polar surface area (TPSA) is 12.4 Å². The van der Waals surface area contributed by atoms with E-state index in [4.69, 9.17) is 11.6 Å². The Morgan fingerprint density at radius 1 is 1.58 bits per heavy atom. The molecule has 0 aliphatic rings. The van der Waals surface area contributed by atoms with Crippen LogP contribution in [0.25, 0.3) is 0 Å². The van der Waals surface area contributed by atoms with Crippen LogP contribution in [0.4, 0.5) is 10.1 Å². The third-order valence-electron chi connectivity index (χ3n) is 1.38. The number of aryl methyl sites for hydroxylation is 1. The van der Waals surface area contributed by atoms with Gasteiger partial charge < -0.3 is 0 Å². The molecule has 1 nitrogen and oxygen atoms in total. The fraction of sp³-hybridized carbons (Fsp3) is 0.125. The molecule has 12 heavy (non-hydrogen) atoms. The molecule has 1 aromatic rings. The number of isothiocyanates is 1. The molecular formula is C8H5ClFNS. The molecule has 0 fully saturated rings. The molecule has 62 valence electrons. The van der Waals surface area contributed by atoms with E-state index >= 15 is 0 Å². The Morgan fingerprint density at radius 3 is 2.75 bits per heavy atom. The minimum atomic E-state index is -0.475. The van der Waals surface area contributed by atoms with Gasteiger partial charge in [0.05, 0.1) is 5.16 Å². The van der Waals surface area contributed by atoms with Crippen molar-refractivity contribution >= 4 is 34.7 Å². The Morgan fingerprint density at radius 2 is 2.25 bits per heavy atom. The van der Waals surface area contributed by atoms with Crippen LogP contribution in [0.5, 0.6) is 0 Å². The molecule has 0 N–H and O–H groups in total. The van der Waals surface area contributed by atoms with E-state index in [9.17, 15) is 4.39 Å². The summed E-state index contributed by atoms with van der Waals surface area (Å²) in [5.41, 5.74) is 0.853. The van der Waals surface area contributed by atoms with Crippen molar-refractivity contribution in [3.8, 4) is 0 Å². The lowest BCUT2D eigenvalue weighted by atomic mass is 10.2. The molecule has 0 bridgehead atoms. The molecule has 0 radical (unpaired) electrons. The van der Waals surface area contributed by atoms with Gasteiger partial charge in [-0.3, -0.25) is 0 Å². The van der Waals surface area contributed by atoms with Gasteiger partial charge in [-0.1, -0.05) is 11.6 Å².